The van der Waals surface area contributed by atoms with Crippen molar-refractivity contribution in [3.63, 3.8) is 0 Å². The Hall–Kier alpha value is -0.790. The van der Waals surface area contributed by atoms with E-state index in [1.54, 1.807) is 0 Å². The number of hydrogen-bond donors (Lipinski definition) is 3. The Balaban J connectivity index is 1.45. The minimum atomic E-state index is -3.47. The second-order valence-corrected chi connectivity index (χ2v) is 13.9. The molecule has 0 amide bonds. The number of fused-ring (bicyclic) bond motifs is 1. The number of aliphatic hydroxyl groups is 3. The molecule has 3 N–H and O–H groups in total. The SMILES string of the molecule is C=C1/C(=C\C=C2/CCCC3(C)C2C2OP4(=O)OC2(O4)C3C(C)CCCC(C)(C)O)CC(O)CC1O. The third-order valence-electron chi connectivity index (χ3n) is 9.17. The second kappa shape index (κ2) is 8.62. The molecule has 6 aliphatic rings. The lowest BCUT2D eigenvalue weighted by Crippen LogP contribution is -2.51. The Kier molecular flexibility index (Phi) is 6.37. The van der Waals surface area contributed by atoms with Crippen LogP contribution in [0.5, 0.6) is 0 Å². The Morgan fingerprint density at radius 2 is 2.00 bits per heavy atom. The summed E-state index contributed by atoms with van der Waals surface area (Å²) in [4.78, 5) is 0. The van der Waals surface area contributed by atoms with Crippen LogP contribution in [-0.4, -0.2) is 45.0 Å². The van der Waals surface area contributed by atoms with Crippen LogP contribution in [0.15, 0.2) is 35.5 Å². The molecule has 0 radical (unpaired) electrons. The average molecular weight is 509 g/mol. The minimum absolute atomic E-state index is 0.0138. The molecule has 0 aromatic rings. The molecule has 3 aliphatic carbocycles. The molecule has 3 saturated carbocycles. The number of hydrogen-bond acceptors (Lipinski definition) is 7. The van der Waals surface area contributed by atoms with E-state index in [4.69, 9.17) is 13.6 Å². The van der Waals surface area contributed by atoms with Gasteiger partial charge in [0.25, 0.3) is 0 Å². The van der Waals surface area contributed by atoms with E-state index in [-0.39, 0.29) is 23.2 Å². The highest BCUT2D eigenvalue weighted by Crippen LogP contribution is 2.84. The van der Waals surface area contributed by atoms with Crippen molar-refractivity contribution < 1.29 is 33.5 Å². The van der Waals surface area contributed by atoms with Crippen LogP contribution < -0.4 is 0 Å². The summed E-state index contributed by atoms with van der Waals surface area (Å²) in [6.07, 6.45) is 8.67. The molecule has 3 heterocycles. The van der Waals surface area contributed by atoms with E-state index < -0.39 is 37.5 Å². The van der Waals surface area contributed by atoms with Gasteiger partial charge >= 0.3 is 7.82 Å². The molecule has 7 atom stereocenters. The first-order chi connectivity index (χ1) is 16.3. The standard InChI is InChI=1S/C27H41O7P/c1-16(8-6-12-25(3,4)30)23-26(5)13-7-9-18(10-11-19-14-20(28)15-21(29)17(19)2)22(26)24-27(23)33-35(31,32-24)34-27/h10-11,16,20-24,28-30H,2,6-9,12-15H2,1,3-5H3/b18-10+,19-11-. The summed E-state index contributed by atoms with van der Waals surface area (Å²) >= 11 is 0. The van der Waals surface area contributed by atoms with Crippen molar-refractivity contribution >= 4 is 7.82 Å². The van der Waals surface area contributed by atoms with Gasteiger partial charge in [0.1, 0.15) is 6.10 Å². The Labute approximate surface area is 208 Å². The zero-order chi connectivity index (χ0) is 25.4. The molecule has 2 bridgehead atoms. The van der Waals surface area contributed by atoms with Crippen molar-refractivity contribution in [2.45, 2.75) is 109 Å². The lowest BCUT2D eigenvalue weighted by atomic mass is 9.60. The summed E-state index contributed by atoms with van der Waals surface area (Å²) in [6, 6.07) is 0. The van der Waals surface area contributed by atoms with E-state index in [0.29, 0.717) is 18.4 Å². The molecule has 0 aromatic carbocycles. The van der Waals surface area contributed by atoms with Crippen molar-refractivity contribution in [3.8, 4) is 0 Å². The van der Waals surface area contributed by atoms with Crippen LogP contribution in [0.3, 0.4) is 0 Å². The van der Waals surface area contributed by atoms with E-state index in [0.717, 1.165) is 44.1 Å². The van der Waals surface area contributed by atoms with Gasteiger partial charge in [-0.2, -0.15) is 0 Å². The van der Waals surface area contributed by atoms with Gasteiger partial charge in [-0.1, -0.05) is 51.0 Å². The van der Waals surface area contributed by atoms with Crippen LogP contribution in [0.2, 0.25) is 0 Å². The molecule has 1 spiro atoms. The third kappa shape index (κ3) is 4.25. The van der Waals surface area contributed by atoms with Crippen LogP contribution >= 0.6 is 7.82 Å². The molecule has 3 saturated heterocycles. The topological polar surface area (TPSA) is 105 Å². The third-order valence-corrected chi connectivity index (χ3v) is 10.7. The minimum Gasteiger partial charge on any atom is -0.393 e. The highest BCUT2D eigenvalue weighted by atomic mass is 31.2. The van der Waals surface area contributed by atoms with Crippen LogP contribution in [0, 0.1) is 23.2 Å². The molecule has 3 aliphatic heterocycles. The molecule has 8 heteroatoms. The lowest BCUT2D eigenvalue weighted by Gasteiger charge is -2.49. The van der Waals surface area contributed by atoms with Crippen LogP contribution in [-0.2, 0) is 18.1 Å². The first-order valence-electron chi connectivity index (χ1n) is 13.2. The fraction of sp³-hybridized carbons (Fsp3) is 0.778. The summed E-state index contributed by atoms with van der Waals surface area (Å²) in [6.45, 7) is 12.2. The number of phosphoric ester groups is 1. The number of aliphatic hydroxyl groups excluding tert-OH is 2. The number of rotatable bonds is 6. The highest BCUT2D eigenvalue weighted by Gasteiger charge is 2.84. The van der Waals surface area contributed by atoms with Gasteiger partial charge in [-0.3, -0.25) is 4.52 Å². The normalized spacial score (nSPS) is 48.1. The Morgan fingerprint density at radius 3 is 2.69 bits per heavy atom. The first kappa shape index (κ1) is 25.8. The van der Waals surface area contributed by atoms with Gasteiger partial charge < -0.3 is 15.3 Å². The molecular weight excluding hydrogens is 467 g/mol. The van der Waals surface area contributed by atoms with E-state index in [1.807, 2.05) is 19.9 Å². The summed E-state index contributed by atoms with van der Waals surface area (Å²) < 4.78 is 30.8. The van der Waals surface area contributed by atoms with Crippen molar-refractivity contribution in [3.05, 3.63) is 35.5 Å². The quantitative estimate of drug-likeness (QED) is 0.425. The fourth-order valence-electron chi connectivity index (χ4n) is 7.78. The van der Waals surface area contributed by atoms with Gasteiger partial charge in [-0.25, -0.2) is 13.6 Å². The van der Waals surface area contributed by atoms with Gasteiger partial charge in [-0.05, 0) is 68.4 Å². The van der Waals surface area contributed by atoms with Gasteiger partial charge in [0.2, 0.25) is 5.79 Å². The number of phosphoric acid groups is 1. The largest absolute Gasteiger partial charge is 0.480 e. The van der Waals surface area contributed by atoms with Gasteiger partial charge in [-0.15, -0.1) is 0 Å². The zero-order valence-corrected chi connectivity index (χ0v) is 22.3. The van der Waals surface area contributed by atoms with E-state index >= 15 is 0 Å². The summed E-state index contributed by atoms with van der Waals surface area (Å²) in [5.41, 5.74) is 1.92. The molecule has 6 fully saturated rings. The van der Waals surface area contributed by atoms with Crippen molar-refractivity contribution in [2.75, 3.05) is 0 Å². The zero-order valence-electron chi connectivity index (χ0n) is 21.4. The Bertz CT molecular complexity index is 984. The maximum absolute atomic E-state index is 12.8. The number of allylic oxidation sites excluding steroid dienone is 2. The summed E-state index contributed by atoms with van der Waals surface area (Å²) in [7, 11) is -3.47. The Morgan fingerprint density at radius 1 is 1.29 bits per heavy atom. The molecule has 196 valence electrons. The van der Waals surface area contributed by atoms with Crippen molar-refractivity contribution in [1.29, 1.82) is 0 Å². The van der Waals surface area contributed by atoms with E-state index in [1.165, 1.54) is 5.57 Å². The average Bonchev–Trinajstić information content (AvgIpc) is 3.23. The second-order valence-electron chi connectivity index (χ2n) is 12.4. The molecule has 7 unspecified atom stereocenters. The molecule has 35 heavy (non-hydrogen) atoms. The maximum atomic E-state index is 12.8. The predicted octanol–water partition coefficient (Wildman–Crippen LogP) is 5.17. The first-order valence-corrected chi connectivity index (χ1v) is 14.6. The molecule has 0 aromatic heterocycles. The van der Waals surface area contributed by atoms with Crippen LogP contribution in [0.25, 0.3) is 0 Å². The summed E-state index contributed by atoms with van der Waals surface area (Å²) in [5.74, 6) is -0.687. The van der Waals surface area contributed by atoms with Gasteiger partial charge in [0, 0.05) is 18.3 Å². The molecule has 7 nitrogen and oxygen atoms in total. The lowest BCUT2D eigenvalue weighted by molar-refractivity contribution is -0.224. The van der Waals surface area contributed by atoms with Crippen molar-refractivity contribution in [1.82, 2.24) is 0 Å². The maximum Gasteiger partial charge on any atom is 0.480 e. The molecular formula is C27H41O7P. The van der Waals surface area contributed by atoms with Crippen LogP contribution in [0.4, 0.5) is 0 Å². The van der Waals surface area contributed by atoms with E-state index in [2.05, 4.69) is 26.5 Å². The highest BCUT2D eigenvalue weighted by molar-refractivity contribution is 7.50. The fourth-order valence-corrected chi connectivity index (χ4v) is 9.56. The smallest absolute Gasteiger partial charge is 0.393 e. The van der Waals surface area contributed by atoms with E-state index in [9.17, 15) is 19.9 Å². The summed E-state index contributed by atoms with van der Waals surface area (Å²) in [5, 5.41) is 30.5. The molecule has 6 rings (SSSR count). The van der Waals surface area contributed by atoms with Crippen molar-refractivity contribution in [2.24, 2.45) is 23.2 Å². The van der Waals surface area contributed by atoms with Gasteiger partial charge in [0.15, 0.2) is 0 Å². The van der Waals surface area contributed by atoms with Gasteiger partial charge in [0.05, 0.1) is 17.8 Å². The monoisotopic (exact) mass is 508 g/mol. The van der Waals surface area contributed by atoms with Crippen LogP contribution in [0.1, 0.15) is 79.1 Å². The predicted molar refractivity (Wildman–Crippen MR) is 132 cm³/mol.